The summed E-state index contributed by atoms with van der Waals surface area (Å²) >= 11 is 3.34. The summed E-state index contributed by atoms with van der Waals surface area (Å²) in [7, 11) is 1.46. The van der Waals surface area contributed by atoms with Gasteiger partial charge >= 0.3 is 5.97 Å². The van der Waals surface area contributed by atoms with Gasteiger partial charge in [0.25, 0.3) is 0 Å². The summed E-state index contributed by atoms with van der Waals surface area (Å²) in [5.74, 6) is -0.659. The number of benzene rings is 1. The van der Waals surface area contributed by atoms with E-state index in [2.05, 4.69) is 15.9 Å². The minimum absolute atomic E-state index is 0.359. The molecule has 15 heavy (non-hydrogen) atoms. The molecule has 0 aliphatic heterocycles. The molecule has 0 fully saturated rings. The van der Waals surface area contributed by atoms with E-state index in [0.717, 1.165) is 17.2 Å². The van der Waals surface area contributed by atoms with Crippen molar-refractivity contribution in [3.63, 3.8) is 0 Å². The number of methoxy groups -OCH3 is 1. The van der Waals surface area contributed by atoms with Crippen molar-refractivity contribution in [2.45, 2.75) is 5.33 Å². The lowest BCUT2D eigenvalue weighted by atomic mass is 10.1. The number of carboxylic acid groups (broad SMARTS) is 1. The topological polar surface area (TPSA) is 46.5 Å². The third-order valence-electron chi connectivity index (χ3n) is 1.90. The van der Waals surface area contributed by atoms with E-state index in [4.69, 9.17) is 9.84 Å². The largest absolute Gasteiger partial charge is 0.496 e. The monoisotopic (exact) mass is 270 g/mol. The molecule has 3 nitrogen and oxygen atoms in total. The Bertz CT molecular complexity index is 385. The van der Waals surface area contributed by atoms with Crippen molar-refractivity contribution in [3.05, 3.63) is 41.5 Å². The maximum Gasteiger partial charge on any atom is 0.332 e. The molecule has 80 valence electrons. The molecule has 0 aromatic heterocycles. The van der Waals surface area contributed by atoms with E-state index in [1.807, 2.05) is 24.3 Å². The Balaban J connectivity index is 3.17. The molecule has 4 heteroatoms. The molecule has 1 aromatic carbocycles. The highest BCUT2D eigenvalue weighted by atomic mass is 79.9. The Labute approximate surface area is 96.5 Å². The van der Waals surface area contributed by atoms with Crippen LogP contribution in [0.2, 0.25) is 0 Å². The smallest absolute Gasteiger partial charge is 0.332 e. The number of hydrogen-bond donors (Lipinski definition) is 1. The molecule has 0 radical (unpaired) electrons. The lowest BCUT2D eigenvalue weighted by Crippen LogP contribution is -1.97. The van der Waals surface area contributed by atoms with Crippen LogP contribution in [0.15, 0.2) is 30.3 Å². The molecular formula is C11H11BrO3. The van der Waals surface area contributed by atoms with Gasteiger partial charge in [0.05, 0.1) is 13.2 Å². The third-order valence-corrected chi connectivity index (χ3v) is 2.51. The molecule has 1 N–H and O–H groups in total. The van der Waals surface area contributed by atoms with E-state index >= 15 is 0 Å². The predicted molar refractivity (Wildman–Crippen MR) is 61.7 cm³/mol. The summed E-state index contributed by atoms with van der Waals surface area (Å²) in [6.07, 6.45) is 1.06. The number of hydrogen-bond acceptors (Lipinski definition) is 2. The van der Waals surface area contributed by atoms with Crippen LogP contribution < -0.4 is 0 Å². The van der Waals surface area contributed by atoms with Gasteiger partial charge in [-0.25, -0.2) is 4.79 Å². The summed E-state index contributed by atoms with van der Waals surface area (Å²) in [5, 5.41) is 9.33. The number of alkyl halides is 1. The summed E-state index contributed by atoms with van der Waals surface area (Å²) in [6, 6.07) is 7.48. The molecule has 0 aliphatic rings. The second kappa shape index (κ2) is 5.56. The number of aliphatic carboxylic acids is 1. The highest BCUT2D eigenvalue weighted by Gasteiger charge is 2.08. The zero-order valence-electron chi connectivity index (χ0n) is 8.24. The van der Waals surface area contributed by atoms with Crippen molar-refractivity contribution < 1.29 is 14.6 Å². The van der Waals surface area contributed by atoms with Gasteiger partial charge < -0.3 is 9.84 Å². The lowest BCUT2D eigenvalue weighted by molar-refractivity contribution is -0.131. The molecular weight excluding hydrogens is 260 g/mol. The first kappa shape index (κ1) is 11.8. The van der Waals surface area contributed by atoms with Crippen molar-refractivity contribution >= 4 is 27.7 Å². The van der Waals surface area contributed by atoms with Crippen LogP contribution in [0.3, 0.4) is 0 Å². The zero-order chi connectivity index (χ0) is 11.3. The van der Waals surface area contributed by atoms with Gasteiger partial charge in [-0.3, -0.25) is 0 Å². The summed E-state index contributed by atoms with van der Waals surface area (Å²) in [4.78, 5) is 10.6. The van der Waals surface area contributed by atoms with Crippen molar-refractivity contribution in [1.29, 1.82) is 0 Å². The predicted octanol–water partition coefficient (Wildman–Crippen LogP) is 2.65. The van der Waals surface area contributed by atoms with Crippen LogP contribution in [0.4, 0.5) is 0 Å². The Morgan fingerprint density at radius 3 is 2.73 bits per heavy atom. The fourth-order valence-electron chi connectivity index (χ4n) is 1.24. The second-order valence-corrected chi connectivity index (χ2v) is 3.40. The van der Waals surface area contributed by atoms with Crippen molar-refractivity contribution in [1.82, 2.24) is 0 Å². The van der Waals surface area contributed by atoms with Gasteiger partial charge in [0.2, 0.25) is 0 Å². The second-order valence-electron chi connectivity index (χ2n) is 2.84. The number of carbonyl (C=O) groups is 1. The maximum absolute atomic E-state index is 10.6. The summed E-state index contributed by atoms with van der Waals surface area (Å²) < 4.78 is 5.05. The average molecular weight is 271 g/mol. The molecule has 0 heterocycles. The first-order valence-electron chi connectivity index (χ1n) is 4.32. The molecule has 0 unspecified atom stereocenters. The van der Waals surface area contributed by atoms with Gasteiger partial charge in [-0.15, -0.1) is 0 Å². The number of rotatable bonds is 4. The number of carboxylic acids is 1. The van der Waals surface area contributed by atoms with Gasteiger partial charge in [-0.1, -0.05) is 40.2 Å². The van der Waals surface area contributed by atoms with E-state index < -0.39 is 5.97 Å². The van der Waals surface area contributed by atoms with E-state index in [-0.39, 0.29) is 0 Å². The fourth-order valence-corrected chi connectivity index (χ4v) is 1.72. The van der Waals surface area contributed by atoms with Crippen molar-refractivity contribution in [2.24, 2.45) is 0 Å². The average Bonchev–Trinajstić information content (AvgIpc) is 2.25. The van der Waals surface area contributed by atoms with Crippen molar-refractivity contribution in [2.75, 3.05) is 7.11 Å². The Kier molecular flexibility index (Phi) is 4.37. The van der Waals surface area contributed by atoms with Gasteiger partial charge in [0, 0.05) is 10.9 Å². The SMILES string of the molecule is CO/C(=C/C(=O)O)c1ccccc1CBr. The summed E-state index contributed by atoms with van der Waals surface area (Å²) in [6.45, 7) is 0. The van der Waals surface area contributed by atoms with E-state index in [1.165, 1.54) is 7.11 Å². The molecule has 0 amide bonds. The van der Waals surface area contributed by atoms with Crippen LogP contribution in [-0.4, -0.2) is 18.2 Å². The van der Waals surface area contributed by atoms with Crippen molar-refractivity contribution in [3.8, 4) is 0 Å². The van der Waals surface area contributed by atoms with Crippen LogP contribution in [0.1, 0.15) is 11.1 Å². The zero-order valence-corrected chi connectivity index (χ0v) is 9.82. The minimum Gasteiger partial charge on any atom is -0.496 e. The van der Waals surface area contributed by atoms with Crippen LogP contribution in [0, 0.1) is 0 Å². The molecule has 0 spiro atoms. The molecule has 0 bridgehead atoms. The lowest BCUT2D eigenvalue weighted by Gasteiger charge is -2.09. The molecule has 0 atom stereocenters. The first-order chi connectivity index (χ1) is 7.19. The molecule has 0 saturated heterocycles. The Morgan fingerprint density at radius 1 is 1.53 bits per heavy atom. The molecule has 1 aromatic rings. The van der Waals surface area contributed by atoms with E-state index in [9.17, 15) is 4.79 Å². The van der Waals surface area contributed by atoms with Crippen LogP contribution in [0.5, 0.6) is 0 Å². The highest BCUT2D eigenvalue weighted by Crippen LogP contribution is 2.21. The number of halogens is 1. The fraction of sp³-hybridized carbons (Fsp3) is 0.182. The number of ether oxygens (including phenoxy) is 1. The van der Waals surface area contributed by atoms with Gasteiger partial charge in [0.15, 0.2) is 0 Å². The standard InChI is InChI=1S/C11H11BrO3/c1-15-10(6-11(13)14)9-5-3-2-4-8(9)7-12/h2-6H,7H2,1H3,(H,13,14)/b10-6+. The normalized spacial score (nSPS) is 11.2. The molecule has 0 saturated carbocycles. The summed E-state index contributed by atoms with van der Waals surface area (Å²) in [5.41, 5.74) is 1.78. The van der Waals surface area contributed by atoms with Crippen LogP contribution in [-0.2, 0) is 14.9 Å². The van der Waals surface area contributed by atoms with Crippen LogP contribution >= 0.6 is 15.9 Å². The molecule has 0 aliphatic carbocycles. The van der Waals surface area contributed by atoms with Crippen LogP contribution in [0.25, 0.3) is 5.76 Å². The Morgan fingerprint density at radius 2 is 2.20 bits per heavy atom. The maximum atomic E-state index is 10.6. The first-order valence-corrected chi connectivity index (χ1v) is 5.44. The van der Waals surface area contributed by atoms with Gasteiger partial charge in [0.1, 0.15) is 5.76 Å². The highest BCUT2D eigenvalue weighted by molar-refractivity contribution is 9.08. The minimum atomic E-state index is -1.02. The Hall–Kier alpha value is -1.29. The van der Waals surface area contributed by atoms with Gasteiger partial charge in [-0.2, -0.15) is 0 Å². The molecule has 1 rings (SSSR count). The van der Waals surface area contributed by atoms with E-state index in [0.29, 0.717) is 11.1 Å². The quantitative estimate of drug-likeness (QED) is 0.520. The third kappa shape index (κ3) is 3.09. The van der Waals surface area contributed by atoms with E-state index in [1.54, 1.807) is 0 Å². The van der Waals surface area contributed by atoms with Gasteiger partial charge in [-0.05, 0) is 5.56 Å².